The van der Waals surface area contributed by atoms with E-state index in [0.29, 0.717) is 5.92 Å². The van der Waals surface area contributed by atoms with Crippen molar-refractivity contribution in [1.29, 1.82) is 0 Å². The highest BCUT2D eigenvalue weighted by Gasteiger charge is 2.38. The van der Waals surface area contributed by atoms with Gasteiger partial charge in [0.05, 0.1) is 6.10 Å². The topological polar surface area (TPSA) is 40.5 Å². The summed E-state index contributed by atoms with van der Waals surface area (Å²) in [6, 6.07) is 0. The molecule has 0 saturated heterocycles. The molecule has 0 heterocycles. The van der Waals surface area contributed by atoms with Gasteiger partial charge in [0.15, 0.2) is 0 Å². The van der Waals surface area contributed by atoms with Crippen LogP contribution < -0.4 is 0 Å². The summed E-state index contributed by atoms with van der Waals surface area (Å²) in [5.74, 6) is 0.358. The van der Waals surface area contributed by atoms with Crippen molar-refractivity contribution in [1.82, 2.24) is 0 Å². The van der Waals surface area contributed by atoms with Crippen LogP contribution in [0.25, 0.3) is 0 Å². The molecule has 1 rings (SSSR count). The third-order valence-corrected chi connectivity index (χ3v) is 2.56. The van der Waals surface area contributed by atoms with E-state index in [1.165, 1.54) is 0 Å². The Morgan fingerprint density at radius 3 is 2.30 bits per heavy atom. The molecule has 0 unspecified atom stereocenters. The van der Waals surface area contributed by atoms with Gasteiger partial charge in [-0.2, -0.15) is 0 Å². The van der Waals surface area contributed by atoms with Crippen LogP contribution in [0.1, 0.15) is 26.7 Å². The highest BCUT2D eigenvalue weighted by Crippen LogP contribution is 2.40. The Kier molecular flexibility index (Phi) is 2.02. The standard InChI is InChI=1S/C8H16O2/c1-6-3-8(2,5-9)4-7(6)10/h6-7,9-10H,3-5H2,1-2H3/t6-,7+,8+/m1/s1. The van der Waals surface area contributed by atoms with E-state index in [1.54, 1.807) is 0 Å². The first-order valence-electron chi connectivity index (χ1n) is 3.86. The lowest BCUT2D eigenvalue weighted by atomic mass is 9.89. The molecule has 1 saturated carbocycles. The van der Waals surface area contributed by atoms with Crippen molar-refractivity contribution in [3.8, 4) is 0 Å². The fourth-order valence-electron chi connectivity index (χ4n) is 1.83. The fourth-order valence-corrected chi connectivity index (χ4v) is 1.83. The Balaban J connectivity index is 2.55. The Bertz CT molecular complexity index is 112. The first-order chi connectivity index (χ1) is 4.57. The highest BCUT2D eigenvalue weighted by atomic mass is 16.3. The second-order valence-electron chi connectivity index (χ2n) is 3.92. The third-order valence-electron chi connectivity index (χ3n) is 2.56. The molecule has 0 aromatic rings. The molecular weight excluding hydrogens is 128 g/mol. The van der Waals surface area contributed by atoms with E-state index in [-0.39, 0.29) is 18.1 Å². The maximum atomic E-state index is 9.35. The van der Waals surface area contributed by atoms with Crippen molar-refractivity contribution < 1.29 is 10.2 Å². The van der Waals surface area contributed by atoms with Crippen molar-refractivity contribution in [3.05, 3.63) is 0 Å². The number of hydrogen-bond donors (Lipinski definition) is 2. The van der Waals surface area contributed by atoms with Crippen LogP contribution in [0.4, 0.5) is 0 Å². The average molecular weight is 144 g/mol. The first kappa shape index (κ1) is 8.02. The maximum absolute atomic E-state index is 9.35. The van der Waals surface area contributed by atoms with E-state index in [4.69, 9.17) is 5.11 Å². The third kappa shape index (κ3) is 1.32. The molecule has 0 amide bonds. The summed E-state index contributed by atoms with van der Waals surface area (Å²) in [6.07, 6.45) is 1.51. The molecule has 2 heteroatoms. The molecule has 0 radical (unpaired) electrons. The Labute approximate surface area is 61.9 Å². The number of hydrogen-bond acceptors (Lipinski definition) is 2. The zero-order chi connectivity index (χ0) is 7.78. The van der Waals surface area contributed by atoms with E-state index in [0.717, 1.165) is 12.8 Å². The lowest BCUT2D eigenvalue weighted by Gasteiger charge is -2.19. The molecule has 0 spiro atoms. The van der Waals surface area contributed by atoms with Gasteiger partial charge in [-0.05, 0) is 24.2 Å². The van der Waals surface area contributed by atoms with E-state index < -0.39 is 0 Å². The Morgan fingerprint density at radius 1 is 1.50 bits per heavy atom. The van der Waals surface area contributed by atoms with Crippen molar-refractivity contribution in [2.24, 2.45) is 11.3 Å². The zero-order valence-electron chi connectivity index (χ0n) is 6.67. The molecule has 0 aromatic carbocycles. The maximum Gasteiger partial charge on any atom is 0.0572 e. The average Bonchev–Trinajstić information content (AvgIpc) is 2.10. The van der Waals surface area contributed by atoms with E-state index in [2.05, 4.69) is 0 Å². The number of aliphatic hydroxyl groups is 2. The minimum absolute atomic E-state index is 0.0150. The van der Waals surface area contributed by atoms with E-state index in [9.17, 15) is 5.11 Å². The summed E-state index contributed by atoms with van der Waals surface area (Å²) in [5.41, 5.74) is -0.0150. The molecule has 60 valence electrons. The van der Waals surface area contributed by atoms with Crippen LogP contribution in [0.15, 0.2) is 0 Å². The van der Waals surface area contributed by atoms with Gasteiger partial charge in [-0.25, -0.2) is 0 Å². The van der Waals surface area contributed by atoms with Gasteiger partial charge < -0.3 is 10.2 Å². The molecule has 0 aromatic heterocycles. The highest BCUT2D eigenvalue weighted by molar-refractivity contribution is 4.88. The molecule has 0 aliphatic heterocycles. The van der Waals surface area contributed by atoms with Crippen LogP contribution in [0.2, 0.25) is 0 Å². The molecule has 2 nitrogen and oxygen atoms in total. The van der Waals surface area contributed by atoms with Crippen molar-refractivity contribution in [3.63, 3.8) is 0 Å². The van der Waals surface area contributed by atoms with Gasteiger partial charge in [0.1, 0.15) is 0 Å². The van der Waals surface area contributed by atoms with Gasteiger partial charge in [0.2, 0.25) is 0 Å². The SMILES string of the molecule is C[C@@H]1C[C@](C)(CO)C[C@@H]1O. The van der Waals surface area contributed by atoms with Crippen LogP contribution in [0.5, 0.6) is 0 Å². The molecule has 1 fully saturated rings. The molecule has 1 aliphatic carbocycles. The molecular formula is C8H16O2. The van der Waals surface area contributed by atoms with Crippen LogP contribution in [0.3, 0.4) is 0 Å². The molecule has 0 bridgehead atoms. The second-order valence-corrected chi connectivity index (χ2v) is 3.92. The summed E-state index contributed by atoms with van der Waals surface area (Å²) >= 11 is 0. The summed E-state index contributed by atoms with van der Waals surface area (Å²) in [6.45, 7) is 4.26. The summed E-state index contributed by atoms with van der Waals surface area (Å²) in [7, 11) is 0. The summed E-state index contributed by atoms with van der Waals surface area (Å²) < 4.78 is 0. The number of rotatable bonds is 1. The summed E-state index contributed by atoms with van der Waals surface area (Å²) in [5, 5.41) is 18.3. The molecule has 3 atom stereocenters. The quantitative estimate of drug-likeness (QED) is 0.571. The van der Waals surface area contributed by atoms with Gasteiger partial charge >= 0.3 is 0 Å². The van der Waals surface area contributed by atoms with Crippen LogP contribution in [-0.4, -0.2) is 22.9 Å². The van der Waals surface area contributed by atoms with E-state index in [1.807, 2.05) is 13.8 Å². The van der Waals surface area contributed by atoms with Crippen molar-refractivity contribution in [2.45, 2.75) is 32.8 Å². The fraction of sp³-hybridized carbons (Fsp3) is 1.00. The Morgan fingerprint density at radius 2 is 2.10 bits per heavy atom. The minimum atomic E-state index is -0.197. The van der Waals surface area contributed by atoms with Gasteiger partial charge in [0, 0.05) is 6.61 Å². The van der Waals surface area contributed by atoms with Gasteiger partial charge in [-0.3, -0.25) is 0 Å². The van der Waals surface area contributed by atoms with Crippen LogP contribution in [-0.2, 0) is 0 Å². The lowest BCUT2D eigenvalue weighted by Crippen LogP contribution is -2.17. The normalized spacial score (nSPS) is 48.0. The molecule has 2 N–H and O–H groups in total. The van der Waals surface area contributed by atoms with Crippen molar-refractivity contribution >= 4 is 0 Å². The van der Waals surface area contributed by atoms with Gasteiger partial charge in [-0.15, -0.1) is 0 Å². The smallest absolute Gasteiger partial charge is 0.0572 e. The van der Waals surface area contributed by atoms with E-state index >= 15 is 0 Å². The zero-order valence-corrected chi connectivity index (χ0v) is 6.67. The Hall–Kier alpha value is -0.0800. The van der Waals surface area contributed by atoms with Crippen molar-refractivity contribution in [2.75, 3.05) is 6.61 Å². The minimum Gasteiger partial charge on any atom is -0.396 e. The van der Waals surface area contributed by atoms with Crippen LogP contribution in [0, 0.1) is 11.3 Å². The lowest BCUT2D eigenvalue weighted by molar-refractivity contribution is 0.111. The molecule has 10 heavy (non-hydrogen) atoms. The number of aliphatic hydroxyl groups excluding tert-OH is 2. The second kappa shape index (κ2) is 2.51. The van der Waals surface area contributed by atoms with Crippen LogP contribution >= 0.6 is 0 Å². The predicted molar refractivity (Wildman–Crippen MR) is 39.6 cm³/mol. The monoisotopic (exact) mass is 144 g/mol. The first-order valence-corrected chi connectivity index (χ1v) is 3.86. The summed E-state index contributed by atoms with van der Waals surface area (Å²) in [4.78, 5) is 0. The van der Waals surface area contributed by atoms with Gasteiger partial charge in [0.25, 0.3) is 0 Å². The largest absolute Gasteiger partial charge is 0.396 e. The van der Waals surface area contributed by atoms with Gasteiger partial charge in [-0.1, -0.05) is 13.8 Å². The molecule has 1 aliphatic rings. The predicted octanol–water partition coefficient (Wildman–Crippen LogP) is 0.776.